The highest BCUT2D eigenvalue weighted by molar-refractivity contribution is 5.91. The minimum atomic E-state index is -0.295. The van der Waals surface area contributed by atoms with Crippen molar-refractivity contribution in [3.8, 4) is 28.6 Å². The number of methoxy groups -OCH3 is 3. The second kappa shape index (κ2) is 8.95. The summed E-state index contributed by atoms with van der Waals surface area (Å²) < 4.78 is 21.3. The highest BCUT2D eigenvalue weighted by Gasteiger charge is 2.34. The third-order valence-electron chi connectivity index (χ3n) is 5.22. The molecule has 0 radical (unpaired) electrons. The van der Waals surface area contributed by atoms with Crippen LogP contribution in [0.5, 0.6) is 17.2 Å². The molecule has 0 spiro atoms. The lowest BCUT2D eigenvalue weighted by Crippen LogP contribution is -2.34. The van der Waals surface area contributed by atoms with Crippen LogP contribution in [-0.2, 0) is 0 Å². The molecule has 1 aromatic heterocycles. The van der Waals surface area contributed by atoms with E-state index >= 15 is 0 Å². The summed E-state index contributed by atoms with van der Waals surface area (Å²) in [6, 6.07) is 12.1. The van der Waals surface area contributed by atoms with Crippen LogP contribution >= 0.6 is 0 Å². The third-order valence-corrected chi connectivity index (χ3v) is 5.22. The van der Waals surface area contributed by atoms with Crippen molar-refractivity contribution in [2.45, 2.75) is 18.9 Å². The van der Waals surface area contributed by atoms with Gasteiger partial charge in [0.05, 0.1) is 27.0 Å². The Kier molecular flexibility index (Phi) is 5.92. The van der Waals surface area contributed by atoms with Gasteiger partial charge in [-0.05, 0) is 37.1 Å². The van der Waals surface area contributed by atoms with E-state index in [9.17, 15) is 4.79 Å². The average Bonchev–Trinajstić information content (AvgIpc) is 3.49. The summed E-state index contributed by atoms with van der Waals surface area (Å²) >= 11 is 0. The molecule has 4 rings (SSSR count). The van der Waals surface area contributed by atoms with Crippen LogP contribution < -0.4 is 19.5 Å². The first kappa shape index (κ1) is 20.5. The molecular weight excluding hydrogens is 400 g/mol. The Labute approximate surface area is 179 Å². The Balaban J connectivity index is 1.52. The molecule has 162 valence electrons. The maximum absolute atomic E-state index is 13.0. The molecule has 0 aliphatic carbocycles. The van der Waals surface area contributed by atoms with Crippen molar-refractivity contribution in [3.05, 3.63) is 48.4 Å². The Morgan fingerprint density at radius 2 is 1.90 bits per heavy atom. The molecule has 2 amide bonds. The summed E-state index contributed by atoms with van der Waals surface area (Å²) in [4.78, 5) is 19.2. The predicted molar refractivity (Wildman–Crippen MR) is 114 cm³/mol. The predicted octanol–water partition coefficient (Wildman–Crippen LogP) is 4.13. The van der Waals surface area contributed by atoms with Crippen molar-refractivity contribution in [2.24, 2.45) is 0 Å². The molecule has 31 heavy (non-hydrogen) atoms. The molecule has 3 aromatic rings. The Morgan fingerprint density at radius 1 is 1.10 bits per heavy atom. The van der Waals surface area contributed by atoms with Crippen LogP contribution in [0.25, 0.3) is 11.4 Å². The molecule has 1 saturated heterocycles. The van der Waals surface area contributed by atoms with Gasteiger partial charge in [-0.2, -0.15) is 4.98 Å². The number of urea groups is 1. The van der Waals surface area contributed by atoms with Gasteiger partial charge in [0, 0.05) is 18.2 Å². The number of hydrogen-bond acceptors (Lipinski definition) is 7. The molecule has 9 heteroatoms. The number of carbonyl (C=O) groups excluding carboxylic acids is 1. The highest BCUT2D eigenvalue weighted by Crippen LogP contribution is 2.34. The van der Waals surface area contributed by atoms with E-state index in [1.54, 1.807) is 44.4 Å². The minimum Gasteiger partial charge on any atom is -0.497 e. The zero-order valence-corrected chi connectivity index (χ0v) is 17.6. The van der Waals surface area contributed by atoms with E-state index in [1.807, 2.05) is 24.3 Å². The third kappa shape index (κ3) is 4.25. The summed E-state index contributed by atoms with van der Waals surface area (Å²) in [5, 5.41) is 7.00. The van der Waals surface area contributed by atoms with Crippen molar-refractivity contribution in [1.82, 2.24) is 15.0 Å². The van der Waals surface area contributed by atoms with Crippen LogP contribution in [0.4, 0.5) is 10.5 Å². The number of carbonyl (C=O) groups is 1. The minimum absolute atomic E-state index is 0.257. The van der Waals surface area contributed by atoms with E-state index in [0.29, 0.717) is 41.2 Å². The fourth-order valence-electron chi connectivity index (χ4n) is 3.61. The van der Waals surface area contributed by atoms with Gasteiger partial charge in [0.25, 0.3) is 0 Å². The van der Waals surface area contributed by atoms with Gasteiger partial charge >= 0.3 is 6.03 Å². The summed E-state index contributed by atoms with van der Waals surface area (Å²) in [7, 11) is 4.72. The van der Waals surface area contributed by atoms with Gasteiger partial charge in [-0.25, -0.2) is 4.79 Å². The van der Waals surface area contributed by atoms with Gasteiger partial charge in [0.15, 0.2) is 0 Å². The van der Waals surface area contributed by atoms with E-state index < -0.39 is 0 Å². The number of hydrogen-bond donors (Lipinski definition) is 1. The molecule has 0 bridgehead atoms. The zero-order chi connectivity index (χ0) is 21.8. The standard InChI is InChI=1S/C22H24N4O5/c1-28-15-7-4-6-14(12-15)20-24-21(31-25-20)18-8-5-11-26(18)22(27)23-17-10-9-16(29-2)13-19(17)30-3/h4,6-7,9-10,12-13,18H,5,8,11H2,1-3H3,(H,23,27)/t18-/m0/s1. The first-order valence-corrected chi connectivity index (χ1v) is 9.90. The monoisotopic (exact) mass is 424 g/mol. The zero-order valence-electron chi connectivity index (χ0n) is 17.6. The number of likely N-dealkylation sites (tertiary alicyclic amines) is 1. The van der Waals surface area contributed by atoms with Crippen molar-refractivity contribution < 1.29 is 23.5 Å². The maximum Gasteiger partial charge on any atom is 0.322 e. The first-order valence-electron chi connectivity index (χ1n) is 9.90. The molecule has 0 saturated carbocycles. The van der Waals surface area contributed by atoms with E-state index in [-0.39, 0.29) is 12.1 Å². The van der Waals surface area contributed by atoms with Crippen LogP contribution in [0.15, 0.2) is 47.0 Å². The van der Waals surface area contributed by atoms with Gasteiger partial charge in [-0.1, -0.05) is 17.3 Å². The van der Waals surface area contributed by atoms with E-state index in [1.165, 1.54) is 0 Å². The molecular formula is C22H24N4O5. The summed E-state index contributed by atoms with van der Waals surface area (Å²) in [5.74, 6) is 2.73. The van der Waals surface area contributed by atoms with Crippen LogP contribution in [-0.4, -0.2) is 48.9 Å². The summed E-state index contributed by atoms with van der Waals surface area (Å²) in [5.41, 5.74) is 1.34. The molecule has 1 fully saturated rings. The lowest BCUT2D eigenvalue weighted by atomic mass is 10.2. The maximum atomic E-state index is 13.0. The van der Waals surface area contributed by atoms with Gasteiger partial charge in [-0.15, -0.1) is 0 Å². The Hall–Kier alpha value is -3.75. The quantitative estimate of drug-likeness (QED) is 0.635. The fraction of sp³-hybridized carbons (Fsp3) is 0.318. The van der Waals surface area contributed by atoms with Crippen molar-refractivity contribution in [3.63, 3.8) is 0 Å². The number of amides is 2. The van der Waals surface area contributed by atoms with Gasteiger partial charge in [-0.3, -0.25) is 0 Å². The number of benzene rings is 2. The largest absolute Gasteiger partial charge is 0.497 e. The summed E-state index contributed by atoms with van der Waals surface area (Å²) in [6.07, 6.45) is 1.58. The van der Waals surface area contributed by atoms with Gasteiger partial charge in [0.1, 0.15) is 23.3 Å². The topological polar surface area (TPSA) is 99.0 Å². The SMILES string of the molecule is COc1cccc(-c2noc([C@@H]3CCCN3C(=O)Nc3ccc(OC)cc3OC)n2)c1. The van der Waals surface area contributed by atoms with E-state index in [4.69, 9.17) is 18.7 Å². The van der Waals surface area contributed by atoms with Gasteiger partial charge < -0.3 is 29.0 Å². The second-order valence-electron chi connectivity index (χ2n) is 7.04. The normalized spacial score (nSPS) is 15.6. The molecule has 9 nitrogen and oxygen atoms in total. The lowest BCUT2D eigenvalue weighted by Gasteiger charge is -2.23. The highest BCUT2D eigenvalue weighted by atomic mass is 16.5. The molecule has 1 aliphatic rings. The average molecular weight is 424 g/mol. The number of rotatable bonds is 6. The molecule has 1 aliphatic heterocycles. The van der Waals surface area contributed by atoms with Crippen molar-refractivity contribution in [1.29, 1.82) is 0 Å². The van der Waals surface area contributed by atoms with E-state index in [0.717, 1.165) is 18.4 Å². The smallest absolute Gasteiger partial charge is 0.322 e. The Morgan fingerprint density at radius 3 is 2.68 bits per heavy atom. The Bertz CT molecular complexity index is 1070. The van der Waals surface area contributed by atoms with E-state index in [2.05, 4.69) is 15.5 Å². The van der Waals surface area contributed by atoms with Crippen molar-refractivity contribution in [2.75, 3.05) is 33.2 Å². The summed E-state index contributed by atoms with van der Waals surface area (Å²) in [6.45, 7) is 0.589. The fourth-order valence-corrected chi connectivity index (χ4v) is 3.61. The van der Waals surface area contributed by atoms with Crippen LogP contribution in [0.1, 0.15) is 24.8 Å². The van der Waals surface area contributed by atoms with Crippen LogP contribution in [0.2, 0.25) is 0 Å². The number of ether oxygens (including phenoxy) is 3. The van der Waals surface area contributed by atoms with Gasteiger partial charge in [0.2, 0.25) is 11.7 Å². The van der Waals surface area contributed by atoms with Crippen molar-refractivity contribution >= 4 is 11.7 Å². The van der Waals surface area contributed by atoms with Crippen LogP contribution in [0, 0.1) is 0 Å². The number of nitrogens with zero attached hydrogens (tertiary/aromatic N) is 3. The molecule has 2 aromatic carbocycles. The number of anilines is 1. The van der Waals surface area contributed by atoms with Crippen LogP contribution in [0.3, 0.4) is 0 Å². The molecule has 0 unspecified atom stereocenters. The molecule has 2 heterocycles. The molecule has 1 N–H and O–H groups in total. The number of nitrogens with one attached hydrogen (secondary N) is 1. The lowest BCUT2D eigenvalue weighted by molar-refractivity contribution is 0.193. The second-order valence-corrected chi connectivity index (χ2v) is 7.04. The number of aromatic nitrogens is 2. The molecule has 1 atom stereocenters. The first-order chi connectivity index (χ1) is 15.1.